The molecule has 15 nitrogen and oxygen atoms in total. The van der Waals surface area contributed by atoms with Crippen LogP contribution in [0.2, 0.25) is 10.0 Å². The second kappa shape index (κ2) is 14.7. The molecule has 0 aromatic carbocycles. The first-order valence-electron chi connectivity index (χ1n) is 18.6. The molecule has 6 aromatic rings. The molecule has 2 aliphatic heterocycles. The average Bonchev–Trinajstić information content (AvgIpc) is 3.83. The number of hydrogen-bond acceptors (Lipinski definition) is 11. The van der Waals surface area contributed by atoms with E-state index in [0.717, 1.165) is 103 Å². The van der Waals surface area contributed by atoms with Gasteiger partial charge in [-0.05, 0) is 64.4 Å². The summed E-state index contributed by atoms with van der Waals surface area (Å²) in [5.41, 5.74) is 4.67. The number of anilines is 2. The Bertz CT molecular complexity index is 2260. The molecular weight excluding hydrogens is 715 g/mol. The maximum Gasteiger partial charge on any atom is 0.244 e. The predicted octanol–water partition coefficient (Wildman–Crippen LogP) is 5.30. The lowest BCUT2D eigenvalue weighted by Crippen LogP contribution is -2.19. The molecule has 2 saturated heterocycles. The number of aromatic nitrogens is 12. The SMILES string of the molecule is COc1cc(Cl)c(C)n2nc(CCc3nc(N4CCCC4)nn3C)nc12.Cc1c(Cl)cc(C2CC2)c2nc(CCc3nc(N4CCCC4)nn3C)nn12. The molecule has 1 saturated carbocycles. The minimum atomic E-state index is 0.587. The number of nitrogens with zero attached hydrogens (tertiary/aromatic N) is 14. The van der Waals surface area contributed by atoms with Crippen molar-refractivity contribution in [1.82, 2.24) is 58.7 Å². The van der Waals surface area contributed by atoms with Crippen LogP contribution in [0.5, 0.6) is 5.75 Å². The van der Waals surface area contributed by atoms with Crippen molar-refractivity contribution in [1.29, 1.82) is 0 Å². The van der Waals surface area contributed by atoms with E-state index in [1.165, 1.54) is 44.1 Å². The number of ether oxygens (including phenoxy) is 1. The second-order valence-electron chi connectivity index (χ2n) is 14.3. The molecule has 280 valence electrons. The molecule has 0 bridgehead atoms. The highest BCUT2D eigenvalue weighted by Gasteiger charge is 2.29. The molecule has 0 radical (unpaired) electrons. The minimum Gasteiger partial charge on any atom is -0.493 e. The van der Waals surface area contributed by atoms with Crippen LogP contribution in [0, 0.1) is 13.8 Å². The largest absolute Gasteiger partial charge is 0.493 e. The van der Waals surface area contributed by atoms with Gasteiger partial charge >= 0.3 is 0 Å². The van der Waals surface area contributed by atoms with Crippen LogP contribution in [0.1, 0.15) is 84.7 Å². The number of methoxy groups -OCH3 is 1. The number of rotatable bonds is 10. The number of halogens is 2. The maximum absolute atomic E-state index is 6.42. The van der Waals surface area contributed by atoms with Gasteiger partial charge in [0.2, 0.25) is 11.9 Å². The molecule has 0 spiro atoms. The van der Waals surface area contributed by atoms with Crippen molar-refractivity contribution in [2.75, 3.05) is 43.1 Å². The van der Waals surface area contributed by atoms with Gasteiger partial charge in [-0.15, -0.1) is 10.2 Å². The van der Waals surface area contributed by atoms with E-state index >= 15 is 0 Å². The summed E-state index contributed by atoms with van der Waals surface area (Å²) in [5.74, 6) is 6.38. The zero-order valence-electron chi connectivity index (χ0n) is 31.1. The summed E-state index contributed by atoms with van der Waals surface area (Å²) in [5, 5.41) is 19.8. The van der Waals surface area contributed by atoms with Gasteiger partial charge in [-0.3, -0.25) is 9.36 Å². The van der Waals surface area contributed by atoms with Crippen molar-refractivity contribution in [3.05, 3.63) is 62.4 Å². The third kappa shape index (κ3) is 7.25. The first kappa shape index (κ1) is 35.5. The molecule has 17 heteroatoms. The van der Waals surface area contributed by atoms with Gasteiger partial charge in [0.1, 0.15) is 11.6 Å². The molecule has 3 fully saturated rings. The van der Waals surface area contributed by atoms with Crippen LogP contribution < -0.4 is 14.5 Å². The summed E-state index contributed by atoms with van der Waals surface area (Å²) in [7, 11) is 5.51. The van der Waals surface area contributed by atoms with Gasteiger partial charge in [0.05, 0.1) is 28.5 Å². The summed E-state index contributed by atoms with van der Waals surface area (Å²) in [6.07, 6.45) is 10.2. The van der Waals surface area contributed by atoms with E-state index in [-0.39, 0.29) is 0 Å². The molecule has 0 N–H and O–H groups in total. The van der Waals surface area contributed by atoms with E-state index in [1.807, 2.05) is 41.8 Å². The monoisotopic (exact) mass is 760 g/mol. The smallest absolute Gasteiger partial charge is 0.244 e. The number of aryl methyl sites for hydroxylation is 8. The normalized spacial score (nSPS) is 16.0. The van der Waals surface area contributed by atoms with Crippen LogP contribution in [0.15, 0.2) is 12.1 Å². The van der Waals surface area contributed by atoms with Crippen molar-refractivity contribution in [2.24, 2.45) is 14.1 Å². The van der Waals surface area contributed by atoms with Crippen molar-refractivity contribution in [2.45, 2.75) is 84.0 Å². The van der Waals surface area contributed by atoms with E-state index in [4.69, 9.17) is 48.0 Å². The molecule has 9 rings (SSSR count). The first-order chi connectivity index (χ1) is 25.7. The average molecular weight is 762 g/mol. The number of hydrogen-bond donors (Lipinski definition) is 0. The fourth-order valence-electron chi connectivity index (χ4n) is 7.16. The molecule has 8 heterocycles. The van der Waals surface area contributed by atoms with E-state index < -0.39 is 0 Å². The number of fused-ring (bicyclic) bond motifs is 2. The van der Waals surface area contributed by atoms with Crippen molar-refractivity contribution in [3.63, 3.8) is 0 Å². The van der Waals surface area contributed by atoms with E-state index in [9.17, 15) is 0 Å². The highest BCUT2D eigenvalue weighted by atomic mass is 35.5. The Hall–Kier alpha value is -4.50. The van der Waals surface area contributed by atoms with Crippen molar-refractivity contribution in [3.8, 4) is 5.75 Å². The van der Waals surface area contributed by atoms with Gasteiger partial charge in [0.25, 0.3) is 0 Å². The Kier molecular flexibility index (Phi) is 9.87. The van der Waals surface area contributed by atoms with Gasteiger partial charge in [-0.2, -0.15) is 20.2 Å². The minimum absolute atomic E-state index is 0.587. The molecule has 0 amide bonds. The van der Waals surface area contributed by atoms with Crippen LogP contribution in [0.4, 0.5) is 11.9 Å². The van der Waals surface area contributed by atoms with Gasteiger partial charge < -0.3 is 14.5 Å². The molecule has 0 unspecified atom stereocenters. The van der Waals surface area contributed by atoms with Crippen LogP contribution in [0.25, 0.3) is 11.3 Å². The van der Waals surface area contributed by atoms with Crippen LogP contribution >= 0.6 is 23.2 Å². The zero-order valence-corrected chi connectivity index (χ0v) is 32.6. The molecule has 3 aliphatic rings. The lowest BCUT2D eigenvalue weighted by Gasteiger charge is -2.10. The Labute approximate surface area is 318 Å². The lowest BCUT2D eigenvalue weighted by atomic mass is 10.1. The van der Waals surface area contributed by atoms with Crippen LogP contribution in [-0.4, -0.2) is 92.0 Å². The summed E-state index contributed by atoms with van der Waals surface area (Å²) in [6.45, 7) is 8.10. The molecular formula is C36H46Cl2N14O. The van der Waals surface area contributed by atoms with Gasteiger partial charge in [-0.25, -0.2) is 19.0 Å². The Balaban J connectivity index is 0.000000151. The quantitative estimate of drug-likeness (QED) is 0.180. The third-order valence-electron chi connectivity index (χ3n) is 10.5. The fraction of sp³-hybridized carbons (Fsp3) is 0.556. The third-order valence-corrected chi connectivity index (χ3v) is 11.3. The van der Waals surface area contributed by atoms with Crippen molar-refractivity contribution < 1.29 is 4.74 Å². The molecule has 0 atom stereocenters. The summed E-state index contributed by atoms with van der Waals surface area (Å²) < 4.78 is 12.8. The zero-order chi connectivity index (χ0) is 36.8. The number of pyridine rings is 2. The highest BCUT2D eigenvalue weighted by Crippen LogP contribution is 2.43. The lowest BCUT2D eigenvalue weighted by molar-refractivity contribution is 0.416. The van der Waals surface area contributed by atoms with Crippen molar-refractivity contribution >= 4 is 46.4 Å². The summed E-state index contributed by atoms with van der Waals surface area (Å²) in [4.78, 5) is 23.4. The van der Waals surface area contributed by atoms with Gasteiger partial charge in [0.15, 0.2) is 28.7 Å². The summed E-state index contributed by atoms with van der Waals surface area (Å²) in [6, 6.07) is 3.85. The maximum atomic E-state index is 6.42. The molecule has 6 aromatic heterocycles. The highest BCUT2D eigenvalue weighted by molar-refractivity contribution is 6.31. The van der Waals surface area contributed by atoms with E-state index in [1.54, 1.807) is 17.7 Å². The van der Waals surface area contributed by atoms with Crippen LogP contribution in [0.3, 0.4) is 0 Å². The topological polar surface area (TPSA) is 138 Å². The standard InChI is InChI=1S/C19H24ClN7.C17H22ClN7O/c1-12-15(20)11-14(13-5-6-13)18-21-16(23-27(12)18)7-8-17-22-19(24-25(17)2)26-9-3-4-10-26;1-11-12(18)10-13(26-3)16-19-14(21-25(11)16)6-7-15-20-17(22-23(15)2)24-8-4-5-9-24/h11,13H,3-10H2,1-2H3;10H,4-9H2,1-3H3. The van der Waals surface area contributed by atoms with E-state index in [0.29, 0.717) is 28.8 Å². The summed E-state index contributed by atoms with van der Waals surface area (Å²) >= 11 is 12.7. The van der Waals surface area contributed by atoms with Crippen LogP contribution in [-0.2, 0) is 39.8 Å². The van der Waals surface area contributed by atoms with Gasteiger partial charge in [-0.1, -0.05) is 23.2 Å². The van der Waals surface area contributed by atoms with Gasteiger partial charge in [0, 0.05) is 77.6 Å². The Morgan fingerprint density at radius 3 is 1.60 bits per heavy atom. The first-order valence-corrected chi connectivity index (χ1v) is 19.4. The second-order valence-corrected chi connectivity index (χ2v) is 15.1. The molecule has 53 heavy (non-hydrogen) atoms. The predicted molar refractivity (Wildman–Crippen MR) is 204 cm³/mol. The molecule has 1 aliphatic carbocycles. The van der Waals surface area contributed by atoms with E-state index in [2.05, 4.69) is 36.1 Å². The fourth-order valence-corrected chi connectivity index (χ4v) is 7.54. The Morgan fingerprint density at radius 1 is 0.642 bits per heavy atom. The Morgan fingerprint density at radius 2 is 1.11 bits per heavy atom.